The van der Waals surface area contributed by atoms with Crippen molar-refractivity contribution in [3.8, 4) is 5.75 Å². The zero-order valence-electron chi connectivity index (χ0n) is 17.6. The number of hydrogen-bond acceptors (Lipinski definition) is 6. The number of imidazole rings is 1. The van der Waals surface area contributed by atoms with Crippen LogP contribution in [0, 0.1) is 5.82 Å². The van der Waals surface area contributed by atoms with Gasteiger partial charge >= 0.3 is 0 Å². The van der Waals surface area contributed by atoms with Gasteiger partial charge < -0.3 is 15.4 Å². The Hall–Kier alpha value is -2.32. The van der Waals surface area contributed by atoms with Crippen LogP contribution >= 0.6 is 11.8 Å². The number of aromatic nitrogens is 3. The van der Waals surface area contributed by atoms with Gasteiger partial charge in [-0.3, -0.25) is 0 Å². The summed E-state index contributed by atoms with van der Waals surface area (Å²) in [6, 6.07) is 6.68. The molecule has 0 saturated carbocycles. The first-order valence-corrected chi connectivity index (χ1v) is 11.3. The number of methoxy groups -OCH3 is 1. The summed E-state index contributed by atoms with van der Waals surface area (Å²) in [5, 5.41) is 13.3. The lowest BCUT2D eigenvalue weighted by Gasteiger charge is -2.22. The minimum absolute atomic E-state index is 0.308. The van der Waals surface area contributed by atoms with Crippen LogP contribution < -0.4 is 15.4 Å². The molecule has 2 N–H and O–H groups in total. The summed E-state index contributed by atoms with van der Waals surface area (Å²) in [4.78, 5) is 4.62. The topological polar surface area (TPSA) is 63.5 Å². The predicted molar refractivity (Wildman–Crippen MR) is 119 cm³/mol. The summed E-state index contributed by atoms with van der Waals surface area (Å²) in [5.41, 5.74) is 3.69. The number of benzene rings is 1. The smallest absolute Gasteiger partial charge is 0.177 e. The number of anilines is 1. The molecule has 1 aromatic carbocycles. The van der Waals surface area contributed by atoms with E-state index in [-0.39, 0.29) is 5.82 Å². The van der Waals surface area contributed by atoms with E-state index in [1.807, 2.05) is 22.5 Å². The molecule has 1 aliphatic rings. The minimum Gasteiger partial charge on any atom is -0.496 e. The summed E-state index contributed by atoms with van der Waals surface area (Å²) >= 11 is 1.83. The van der Waals surface area contributed by atoms with E-state index >= 15 is 0 Å². The van der Waals surface area contributed by atoms with E-state index in [1.165, 1.54) is 12.1 Å². The largest absolute Gasteiger partial charge is 0.496 e. The lowest BCUT2D eigenvalue weighted by molar-refractivity contribution is 0.406. The van der Waals surface area contributed by atoms with Gasteiger partial charge in [0, 0.05) is 23.4 Å². The van der Waals surface area contributed by atoms with E-state index in [4.69, 9.17) is 9.84 Å². The molecule has 0 bridgehead atoms. The third-order valence-corrected chi connectivity index (χ3v) is 6.60. The summed E-state index contributed by atoms with van der Waals surface area (Å²) < 4.78 is 20.8. The summed E-state index contributed by atoms with van der Waals surface area (Å²) in [5.74, 6) is 0.539. The molecular weight excluding hydrogens is 401 g/mol. The lowest BCUT2D eigenvalue weighted by atomic mass is 10.1. The molecule has 1 aliphatic heterocycles. The number of halogens is 1. The maximum Gasteiger partial charge on any atom is 0.177 e. The van der Waals surface area contributed by atoms with Crippen LogP contribution in [0.1, 0.15) is 43.9 Å². The van der Waals surface area contributed by atoms with Gasteiger partial charge in [0.25, 0.3) is 0 Å². The van der Waals surface area contributed by atoms with Crippen molar-refractivity contribution in [3.63, 3.8) is 0 Å². The molecule has 0 atom stereocenters. The summed E-state index contributed by atoms with van der Waals surface area (Å²) in [6.45, 7) is 6.91. The zero-order valence-corrected chi connectivity index (χ0v) is 18.4. The van der Waals surface area contributed by atoms with Gasteiger partial charge in [-0.15, -0.1) is 11.8 Å². The average Bonchev–Trinajstić information content (AvgIpc) is 3.17. The number of nitrogens with zero attached hydrogens (tertiary/aromatic N) is 3. The maximum absolute atomic E-state index is 13.5. The van der Waals surface area contributed by atoms with Crippen LogP contribution in [0.25, 0.3) is 5.65 Å². The van der Waals surface area contributed by atoms with Crippen molar-refractivity contribution in [1.82, 2.24) is 19.9 Å². The first-order valence-electron chi connectivity index (χ1n) is 10.4. The Kier molecular flexibility index (Phi) is 6.43. The van der Waals surface area contributed by atoms with Gasteiger partial charge in [-0.05, 0) is 44.0 Å². The highest BCUT2D eigenvalue weighted by atomic mass is 32.2. The molecule has 4 rings (SSSR count). The average molecular weight is 430 g/mol. The van der Waals surface area contributed by atoms with Gasteiger partial charge in [0.05, 0.1) is 24.7 Å². The van der Waals surface area contributed by atoms with Gasteiger partial charge in [0.2, 0.25) is 0 Å². The fourth-order valence-corrected chi connectivity index (χ4v) is 4.81. The van der Waals surface area contributed by atoms with E-state index in [0.29, 0.717) is 23.5 Å². The Morgan fingerprint density at radius 1 is 1.30 bits per heavy atom. The molecule has 160 valence electrons. The van der Waals surface area contributed by atoms with Crippen LogP contribution in [-0.2, 0) is 6.54 Å². The van der Waals surface area contributed by atoms with Crippen LogP contribution in [0.15, 0.2) is 35.5 Å². The first-order chi connectivity index (χ1) is 14.5. The molecule has 2 aromatic heterocycles. The van der Waals surface area contributed by atoms with Crippen molar-refractivity contribution in [2.75, 3.05) is 25.5 Å². The number of fused-ring (bicyclic) bond motifs is 1. The fourth-order valence-electron chi connectivity index (χ4n) is 3.68. The number of thioether (sulfide) groups is 1. The Morgan fingerprint density at radius 3 is 2.83 bits per heavy atom. The molecule has 8 heteroatoms. The summed E-state index contributed by atoms with van der Waals surface area (Å²) in [7, 11) is 1.56. The molecule has 6 nitrogen and oxygen atoms in total. The standard InChI is InChI=1S/C22H28FN5OS/c1-14(2)19-13-26-22-18(25-12-15-4-5-16(23)10-20(15)29-3)11-21(27-28(19)22)30-17-6-8-24-9-7-17/h4-5,10-11,13-14,17,24-25H,6-9,12H2,1-3H3. The fraction of sp³-hybridized carbons (Fsp3) is 0.455. The normalized spacial score (nSPS) is 15.1. The second-order valence-corrected chi connectivity index (χ2v) is 9.17. The molecule has 1 saturated heterocycles. The van der Waals surface area contributed by atoms with Gasteiger partial charge in [0.1, 0.15) is 16.6 Å². The zero-order chi connectivity index (χ0) is 21.1. The SMILES string of the molecule is COc1cc(F)ccc1CNc1cc(SC2CCNCC2)nn2c(C(C)C)cnc12. The number of hydrogen-bond donors (Lipinski definition) is 2. The van der Waals surface area contributed by atoms with Gasteiger partial charge in [-0.2, -0.15) is 5.10 Å². The van der Waals surface area contributed by atoms with E-state index in [2.05, 4.69) is 35.5 Å². The van der Waals surface area contributed by atoms with Gasteiger partial charge in [-0.25, -0.2) is 13.9 Å². The Bertz CT molecular complexity index is 1020. The molecule has 0 amide bonds. The Labute approximate surface area is 180 Å². The van der Waals surface area contributed by atoms with Crippen LogP contribution in [0.5, 0.6) is 5.75 Å². The Morgan fingerprint density at radius 2 is 2.10 bits per heavy atom. The second-order valence-electron chi connectivity index (χ2n) is 7.85. The van der Waals surface area contributed by atoms with Crippen LogP contribution in [0.3, 0.4) is 0 Å². The highest BCUT2D eigenvalue weighted by Crippen LogP contribution is 2.32. The number of rotatable bonds is 7. The molecule has 0 unspecified atom stereocenters. The maximum atomic E-state index is 13.5. The van der Waals surface area contributed by atoms with Crippen LogP contribution in [0.2, 0.25) is 0 Å². The third-order valence-electron chi connectivity index (χ3n) is 5.36. The van der Waals surface area contributed by atoms with Crippen molar-refractivity contribution in [1.29, 1.82) is 0 Å². The van der Waals surface area contributed by atoms with Crippen LogP contribution in [0.4, 0.5) is 10.1 Å². The second kappa shape index (κ2) is 9.22. The Balaban J connectivity index is 1.65. The van der Waals surface area contributed by atoms with E-state index in [0.717, 1.165) is 53.5 Å². The molecule has 0 radical (unpaired) electrons. The number of ether oxygens (including phenoxy) is 1. The van der Waals surface area contributed by atoms with Crippen molar-refractivity contribution in [3.05, 3.63) is 47.5 Å². The van der Waals surface area contributed by atoms with Crippen LogP contribution in [-0.4, -0.2) is 40.0 Å². The highest BCUT2D eigenvalue weighted by molar-refractivity contribution is 7.99. The third kappa shape index (κ3) is 4.54. The molecule has 3 aromatic rings. The summed E-state index contributed by atoms with van der Waals surface area (Å²) in [6.07, 6.45) is 4.18. The monoisotopic (exact) mass is 429 g/mol. The van der Waals surface area contributed by atoms with Crippen molar-refractivity contribution >= 4 is 23.1 Å². The predicted octanol–water partition coefficient (Wildman–Crippen LogP) is 4.46. The minimum atomic E-state index is -0.308. The molecule has 3 heterocycles. The number of piperidine rings is 1. The molecule has 30 heavy (non-hydrogen) atoms. The van der Waals surface area contributed by atoms with Gasteiger partial charge in [-0.1, -0.05) is 19.9 Å². The highest BCUT2D eigenvalue weighted by Gasteiger charge is 2.19. The van der Waals surface area contributed by atoms with E-state index in [1.54, 1.807) is 13.2 Å². The van der Waals surface area contributed by atoms with E-state index in [9.17, 15) is 4.39 Å². The molecule has 0 aliphatic carbocycles. The van der Waals surface area contributed by atoms with Gasteiger partial charge in [0.15, 0.2) is 5.65 Å². The lowest BCUT2D eigenvalue weighted by Crippen LogP contribution is -2.29. The molecule has 1 fully saturated rings. The molecule has 0 spiro atoms. The van der Waals surface area contributed by atoms with Crippen molar-refractivity contribution in [2.24, 2.45) is 0 Å². The van der Waals surface area contributed by atoms with Crippen molar-refractivity contribution in [2.45, 2.75) is 49.4 Å². The first kappa shape index (κ1) is 20.9. The number of nitrogens with one attached hydrogen (secondary N) is 2. The van der Waals surface area contributed by atoms with Crippen molar-refractivity contribution < 1.29 is 9.13 Å². The quantitative estimate of drug-likeness (QED) is 0.578. The molecular formula is C22H28FN5OS. The van der Waals surface area contributed by atoms with E-state index < -0.39 is 0 Å².